The lowest BCUT2D eigenvalue weighted by Crippen LogP contribution is -2.19. The first-order valence-electron chi connectivity index (χ1n) is 7.11. The Kier molecular flexibility index (Phi) is 5.36. The molecular formula is C18H21NO. The number of aryl methyl sites for hydroxylation is 1. The smallest absolute Gasteiger partial charge is 0.135 e. The van der Waals surface area contributed by atoms with E-state index in [4.69, 9.17) is 0 Å². The molecule has 0 radical (unpaired) electrons. The highest BCUT2D eigenvalue weighted by molar-refractivity contribution is 5.79. The summed E-state index contributed by atoms with van der Waals surface area (Å²) < 4.78 is 0. The minimum absolute atomic E-state index is 0.167. The molecule has 1 unspecified atom stereocenters. The number of rotatable bonds is 7. The highest BCUT2D eigenvalue weighted by Crippen LogP contribution is 2.10. The van der Waals surface area contributed by atoms with Gasteiger partial charge in [0.05, 0.1) is 0 Å². The van der Waals surface area contributed by atoms with E-state index in [0.29, 0.717) is 18.6 Å². The fourth-order valence-electron chi connectivity index (χ4n) is 2.24. The van der Waals surface area contributed by atoms with Gasteiger partial charge in [-0.15, -0.1) is 0 Å². The van der Waals surface area contributed by atoms with E-state index in [0.717, 1.165) is 12.1 Å². The van der Waals surface area contributed by atoms with Crippen molar-refractivity contribution in [1.29, 1.82) is 0 Å². The van der Waals surface area contributed by atoms with Crippen LogP contribution in [0.1, 0.15) is 25.3 Å². The maximum Gasteiger partial charge on any atom is 0.135 e. The molecule has 2 heteroatoms. The zero-order valence-electron chi connectivity index (χ0n) is 11.9. The van der Waals surface area contributed by atoms with Gasteiger partial charge in [-0.3, -0.25) is 4.79 Å². The minimum Gasteiger partial charge on any atom is -0.382 e. The molecule has 0 amide bonds. The number of carbonyl (C=O) groups is 1. The van der Waals surface area contributed by atoms with Gasteiger partial charge in [-0.25, -0.2) is 0 Å². The molecular weight excluding hydrogens is 246 g/mol. The molecule has 0 saturated heterocycles. The number of anilines is 1. The Labute approximate surface area is 120 Å². The molecule has 1 atom stereocenters. The number of hydrogen-bond acceptors (Lipinski definition) is 2. The molecule has 0 aromatic heterocycles. The van der Waals surface area contributed by atoms with Crippen molar-refractivity contribution in [3.05, 3.63) is 66.2 Å². The Hall–Kier alpha value is -2.09. The van der Waals surface area contributed by atoms with Crippen molar-refractivity contribution in [1.82, 2.24) is 0 Å². The molecule has 0 saturated carbocycles. The van der Waals surface area contributed by atoms with Crippen LogP contribution in [0.15, 0.2) is 60.7 Å². The molecule has 0 spiro atoms. The average molecular weight is 267 g/mol. The van der Waals surface area contributed by atoms with E-state index in [1.54, 1.807) is 0 Å². The Morgan fingerprint density at radius 2 is 1.60 bits per heavy atom. The zero-order valence-corrected chi connectivity index (χ0v) is 11.9. The summed E-state index contributed by atoms with van der Waals surface area (Å²) >= 11 is 0. The number of carbonyl (C=O) groups excluding carboxylic acids is 1. The second-order valence-electron chi connectivity index (χ2n) is 5.14. The van der Waals surface area contributed by atoms with Crippen LogP contribution in [0.5, 0.6) is 0 Å². The maximum absolute atomic E-state index is 12.0. The summed E-state index contributed by atoms with van der Waals surface area (Å²) in [5.74, 6) is 0.310. The van der Waals surface area contributed by atoms with Crippen LogP contribution >= 0.6 is 0 Å². The second kappa shape index (κ2) is 7.49. The van der Waals surface area contributed by atoms with Crippen molar-refractivity contribution in [3.63, 3.8) is 0 Å². The van der Waals surface area contributed by atoms with E-state index in [2.05, 4.69) is 17.4 Å². The highest BCUT2D eigenvalue weighted by atomic mass is 16.1. The van der Waals surface area contributed by atoms with Crippen LogP contribution in [0.25, 0.3) is 0 Å². The molecule has 20 heavy (non-hydrogen) atoms. The van der Waals surface area contributed by atoms with E-state index in [1.807, 2.05) is 55.5 Å². The molecule has 0 bridgehead atoms. The van der Waals surface area contributed by atoms with Gasteiger partial charge in [-0.1, -0.05) is 48.5 Å². The van der Waals surface area contributed by atoms with Gasteiger partial charge in [0.1, 0.15) is 5.78 Å². The Morgan fingerprint density at radius 1 is 1.00 bits per heavy atom. The standard InChI is InChI=1S/C18H21NO/c1-15(19-17-10-6-3-7-11-17)14-18(20)13-12-16-8-4-2-5-9-16/h2-11,15,19H,12-14H2,1H3. The van der Waals surface area contributed by atoms with Gasteiger partial charge in [0.2, 0.25) is 0 Å². The molecule has 0 aliphatic rings. The molecule has 2 aromatic carbocycles. The van der Waals surface area contributed by atoms with Crippen molar-refractivity contribution >= 4 is 11.5 Å². The number of para-hydroxylation sites is 1. The Morgan fingerprint density at radius 3 is 2.25 bits per heavy atom. The summed E-state index contributed by atoms with van der Waals surface area (Å²) in [5, 5.41) is 3.35. The van der Waals surface area contributed by atoms with E-state index in [1.165, 1.54) is 5.56 Å². The highest BCUT2D eigenvalue weighted by Gasteiger charge is 2.09. The van der Waals surface area contributed by atoms with Crippen molar-refractivity contribution in [2.45, 2.75) is 32.2 Å². The van der Waals surface area contributed by atoms with E-state index in [9.17, 15) is 4.79 Å². The molecule has 2 rings (SSSR count). The van der Waals surface area contributed by atoms with Crippen LogP contribution in [-0.4, -0.2) is 11.8 Å². The van der Waals surface area contributed by atoms with Crippen LogP contribution < -0.4 is 5.32 Å². The van der Waals surface area contributed by atoms with Gasteiger partial charge >= 0.3 is 0 Å². The quantitative estimate of drug-likeness (QED) is 0.819. The van der Waals surface area contributed by atoms with Crippen molar-refractivity contribution < 1.29 is 4.79 Å². The Balaban J connectivity index is 1.74. The van der Waals surface area contributed by atoms with Crippen molar-refractivity contribution in [2.75, 3.05) is 5.32 Å². The first-order chi connectivity index (χ1) is 9.74. The molecule has 2 nitrogen and oxygen atoms in total. The van der Waals surface area contributed by atoms with Gasteiger partial charge in [0, 0.05) is 24.6 Å². The van der Waals surface area contributed by atoms with Gasteiger partial charge in [-0.05, 0) is 31.0 Å². The molecule has 2 aromatic rings. The van der Waals surface area contributed by atoms with Crippen molar-refractivity contribution in [3.8, 4) is 0 Å². The fraction of sp³-hybridized carbons (Fsp3) is 0.278. The van der Waals surface area contributed by atoms with E-state index in [-0.39, 0.29) is 6.04 Å². The lowest BCUT2D eigenvalue weighted by Gasteiger charge is -2.14. The van der Waals surface area contributed by atoms with Crippen LogP contribution in [0.3, 0.4) is 0 Å². The molecule has 1 N–H and O–H groups in total. The second-order valence-corrected chi connectivity index (χ2v) is 5.14. The van der Waals surface area contributed by atoms with Crippen molar-refractivity contribution in [2.24, 2.45) is 0 Å². The van der Waals surface area contributed by atoms with Gasteiger partial charge in [-0.2, -0.15) is 0 Å². The van der Waals surface area contributed by atoms with Crippen LogP contribution in [0.2, 0.25) is 0 Å². The molecule has 0 aliphatic carbocycles. The van der Waals surface area contributed by atoms with Gasteiger partial charge in [0.25, 0.3) is 0 Å². The number of Topliss-reactive ketones (excluding diaryl/α,β-unsaturated/α-hetero) is 1. The van der Waals surface area contributed by atoms with Crippen LogP contribution in [0, 0.1) is 0 Å². The van der Waals surface area contributed by atoms with Gasteiger partial charge < -0.3 is 5.32 Å². The summed E-state index contributed by atoms with van der Waals surface area (Å²) in [6.07, 6.45) is 2.02. The van der Waals surface area contributed by atoms with Gasteiger partial charge in [0.15, 0.2) is 0 Å². The molecule has 0 heterocycles. The first kappa shape index (κ1) is 14.3. The first-order valence-corrected chi connectivity index (χ1v) is 7.11. The predicted octanol–water partition coefficient (Wildman–Crippen LogP) is 4.08. The predicted molar refractivity (Wildman–Crippen MR) is 83.9 cm³/mol. The molecule has 0 aliphatic heterocycles. The lowest BCUT2D eigenvalue weighted by atomic mass is 10.0. The third kappa shape index (κ3) is 4.88. The van der Waals surface area contributed by atoms with Crippen LogP contribution in [-0.2, 0) is 11.2 Å². The largest absolute Gasteiger partial charge is 0.382 e. The van der Waals surface area contributed by atoms with E-state index < -0.39 is 0 Å². The molecule has 104 valence electrons. The number of ketones is 1. The van der Waals surface area contributed by atoms with Crippen LogP contribution in [0.4, 0.5) is 5.69 Å². The van der Waals surface area contributed by atoms with E-state index >= 15 is 0 Å². The number of hydrogen-bond donors (Lipinski definition) is 1. The lowest BCUT2D eigenvalue weighted by molar-refractivity contribution is -0.119. The monoisotopic (exact) mass is 267 g/mol. The third-order valence-corrected chi connectivity index (χ3v) is 3.26. The maximum atomic E-state index is 12.0. The molecule has 0 fully saturated rings. The minimum atomic E-state index is 0.167. The number of nitrogens with one attached hydrogen (secondary N) is 1. The average Bonchev–Trinajstić information content (AvgIpc) is 2.47. The summed E-state index contributed by atoms with van der Waals surface area (Å²) in [7, 11) is 0. The fourth-order valence-corrected chi connectivity index (χ4v) is 2.24. The summed E-state index contributed by atoms with van der Waals surface area (Å²) in [5.41, 5.74) is 2.29. The zero-order chi connectivity index (χ0) is 14.2. The normalized spacial score (nSPS) is 11.8. The topological polar surface area (TPSA) is 29.1 Å². The summed E-state index contributed by atoms with van der Waals surface area (Å²) in [4.78, 5) is 12.0. The summed E-state index contributed by atoms with van der Waals surface area (Å²) in [6.45, 7) is 2.05. The SMILES string of the molecule is CC(CC(=O)CCc1ccccc1)Nc1ccccc1. The Bertz CT molecular complexity index is 522. The number of benzene rings is 2. The summed E-state index contributed by atoms with van der Waals surface area (Å²) in [6, 6.07) is 20.3. The third-order valence-electron chi connectivity index (χ3n) is 3.26.